The highest BCUT2D eigenvalue weighted by Gasteiger charge is 2.39. The van der Waals surface area contributed by atoms with Crippen LogP contribution in [0.15, 0.2) is 59.5 Å². The molecule has 1 aliphatic rings. The Morgan fingerprint density at radius 1 is 1.18 bits per heavy atom. The normalized spacial score (nSPS) is 17.4. The van der Waals surface area contributed by atoms with Crippen LogP contribution in [0.3, 0.4) is 0 Å². The van der Waals surface area contributed by atoms with Gasteiger partial charge in [-0.25, -0.2) is 12.8 Å². The van der Waals surface area contributed by atoms with Crippen LogP contribution in [0.1, 0.15) is 12.8 Å². The molecular weight excluding hydrogens is 381 g/mol. The van der Waals surface area contributed by atoms with E-state index in [0.717, 1.165) is 17.8 Å². The van der Waals surface area contributed by atoms with E-state index in [9.17, 15) is 17.6 Å². The van der Waals surface area contributed by atoms with E-state index in [-0.39, 0.29) is 17.3 Å². The zero-order valence-corrected chi connectivity index (χ0v) is 16.5. The van der Waals surface area contributed by atoms with Gasteiger partial charge in [0.25, 0.3) is 0 Å². The smallest absolute Gasteiger partial charge is 0.243 e. The maximum atomic E-state index is 13.1. The summed E-state index contributed by atoms with van der Waals surface area (Å²) in [6, 6.07) is 13.7. The molecule has 0 saturated carbocycles. The summed E-state index contributed by atoms with van der Waals surface area (Å²) in [5, 5.41) is 2.84. The van der Waals surface area contributed by atoms with Gasteiger partial charge in [-0.2, -0.15) is 4.31 Å². The van der Waals surface area contributed by atoms with Gasteiger partial charge in [-0.1, -0.05) is 18.2 Å². The van der Waals surface area contributed by atoms with Gasteiger partial charge in [0.15, 0.2) is 0 Å². The molecule has 0 aromatic heterocycles. The van der Waals surface area contributed by atoms with Crippen molar-refractivity contribution in [3.05, 3.63) is 60.4 Å². The Morgan fingerprint density at radius 3 is 2.54 bits per heavy atom. The number of hydrogen-bond acceptors (Lipinski definition) is 4. The van der Waals surface area contributed by atoms with Crippen LogP contribution in [0.4, 0.5) is 10.1 Å². The maximum absolute atomic E-state index is 13.1. The number of amides is 1. The van der Waals surface area contributed by atoms with Crippen LogP contribution >= 0.6 is 0 Å². The number of para-hydroxylation sites is 1. The summed E-state index contributed by atoms with van der Waals surface area (Å²) in [4.78, 5) is 14.6. The molecule has 1 atom stereocenters. The Kier molecular flexibility index (Phi) is 6.31. The molecule has 1 fully saturated rings. The highest BCUT2D eigenvalue weighted by atomic mass is 32.2. The largest absolute Gasteiger partial charge is 0.373 e. The Hall–Kier alpha value is -2.45. The Bertz CT molecular complexity index is 904. The van der Waals surface area contributed by atoms with Crippen LogP contribution in [-0.4, -0.2) is 51.4 Å². The molecule has 3 rings (SSSR count). The maximum Gasteiger partial charge on any atom is 0.243 e. The van der Waals surface area contributed by atoms with Crippen molar-refractivity contribution < 1.29 is 17.6 Å². The van der Waals surface area contributed by atoms with Gasteiger partial charge in [0.2, 0.25) is 15.9 Å². The first-order valence-electron chi connectivity index (χ1n) is 9.21. The van der Waals surface area contributed by atoms with E-state index < -0.39 is 21.9 Å². The zero-order valence-electron chi connectivity index (χ0n) is 15.7. The van der Waals surface area contributed by atoms with Crippen LogP contribution in [0, 0.1) is 5.82 Å². The first kappa shape index (κ1) is 20.3. The third-order valence-corrected chi connectivity index (χ3v) is 6.79. The summed E-state index contributed by atoms with van der Waals surface area (Å²) in [6.45, 7) is 1.29. The molecule has 0 radical (unpaired) electrons. The van der Waals surface area contributed by atoms with Crippen molar-refractivity contribution in [1.82, 2.24) is 9.62 Å². The summed E-state index contributed by atoms with van der Waals surface area (Å²) in [6.07, 6.45) is 1.09. The van der Waals surface area contributed by atoms with Gasteiger partial charge in [0, 0.05) is 32.4 Å². The Morgan fingerprint density at radius 2 is 1.86 bits per heavy atom. The number of nitrogens with one attached hydrogen (secondary N) is 1. The predicted molar refractivity (Wildman–Crippen MR) is 106 cm³/mol. The zero-order chi connectivity index (χ0) is 20.1. The van der Waals surface area contributed by atoms with Crippen LogP contribution < -0.4 is 10.2 Å². The van der Waals surface area contributed by atoms with Crippen molar-refractivity contribution in [1.29, 1.82) is 0 Å². The molecule has 0 aliphatic carbocycles. The number of sulfonamides is 1. The minimum Gasteiger partial charge on any atom is -0.373 e. The molecule has 150 valence electrons. The van der Waals surface area contributed by atoms with Gasteiger partial charge in [-0.15, -0.1) is 0 Å². The number of nitrogens with zero attached hydrogens (tertiary/aromatic N) is 2. The van der Waals surface area contributed by atoms with E-state index in [0.29, 0.717) is 25.9 Å². The van der Waals surface area contributed by atoms with Gasteiger partial charge < -0.3 is 10.2 Å². The van der Waals surface area contributed by atoms with Gasteiger partial charge in [0.1, 0.15) is 11.9 Å². The molecule has 2 aromatic rings. The summed E-state index contributed by atoms with van der Waals surface area (Å²) in [5.74, 6) is -0.804. The standard InChI is InChI=1S/C20H24FN3O3S/c1-23(17-6-3-2-4-7-17)15-13-22-20(25)19-8-5-14-24(19)28(26,27)18-11-9-16(21)10-12-18/h2-4,6-7,9-12,19H,5,8,13-15H2,1H3,(H,22,25)/t19-/m1/s1. The van der Waals surface area contributed by atoms with Crippen LogP contribution in [-0.2, 0) is 14.8 Å². The lowest BCUT2D eigenvalue weighted by Crippen LogP contribution is -2.47. The van der Waals surface area contributed by atoms with Crippen molar-refractivity contribution in [2.75, 3.05) is 31.6 Å². The first-order chi connectivity index (χ1) is 13.4. The second-order valence-electron chi connectivity index (χ2n) is 6.78. The Labute approximate surface area is 165 Å². The van der Waals surface area contributed by atoms with Crippen molar-refractivity contribution in [2.24, 2.45) is 0 Å². The first-order valence-corrected chi connectivity index (χ1v) is 10.6. The van der Waals surface area contributed by atoms with E-state index >= 15 is 0 Å². The number of anilines is 1. The number of benzene rings is 2. The summed E-state index contributed by atoms with van der Waals surface area (Å²) >= 11 is 0. The fraction of sp³-hybridized carbons (Fsp3) is 0.350. The SMILES string of the molecule is CN(CCNC(=O)[C@H]1CCCN1S(=O)(=O)c1ccc(F)cc1)c1ccccc1. The second kappa shape index (κ2) is 8.70. The van der Waals surface area contributed by atoms with E-state index in [1.807, 2.05) is 42.3 Å². The molecule has 0 unspecified atom stereocenters. The quantitative estimate of drug-likeness (QED) is 0.767. The number of hydrogen-bond donors (Lipinski definition) is 1. The summed E-state index contributed by atoms with van der Waals surface area (Å²) in [5.41, 5.74) is 1.04. The van der Waals surface area contributed by atoms with Crippen LogP contribution in [0.2, 0.25) is 0 Å². The minimum atomic E-state index is -3.84. The number of rotatable bonds is 7. The minimum absolute atomic E-state index is 0.00240. The number of halogens is 1. The van der Waals surface area contributed by atoms with Crippen molar-refractivity contribution in [2.45, 2.75) is 23.8 Å². The third-order valence-electron chi connectivity index (χ3n) is 4.87. The van der Waals surface area contributed by atoms with E-state index in [2.05, 4.69) is 5.32 Å². The highest BCUT2D eigenvalue weighted by molar-refractivity contribution is 7.89. The molecule has 1 N–H and O–H groups in total. The highest BCUT2D eigenvalue weighted by Crippen LogP contribution is 2.26. The van der Waals surface area contributed by atoms with Gasteiger partial charge in [-0.05, 0) is 49.2 Å². The molecule has 1 saturated heterocycles. The fourth-order valence-electron chi connectivity index (χ4n) is 3.31. The number of carbonyl (C=O) groups excluding carboxylic acids is 1. The lowest BCUT2D eigenvalue weighted by Gasteiger charge is -2.24. The molecule has 0 bridgehead atoms. The average molecular weight is 405 g/mol. The molecule has 28 heavy (non-hydrogen) atoms. The lowest BCUT2D eigenvalue weighted by molar-refractivity contribution is -0.124. The second-order valence-corrected chi connectivity index (χ2v) is 8.67. The number of likely N-dealkylation sites (N-methyl/N-ethyl adjacent to an activating group) is 1. The number of carbonyl (C=O) groups is 1. The third kappa shape index (κ3) is 4.51. The molecule has 2 aromatic carbocycles. The molecule has 6 nitrogen and oxygen atoms in total. The summed E-state index contributed by atoms with van der Waals surface area (Å²) < 4.78 is 40.0. The van der Waals surface area contributed by atoms with E-state index in [1.54, 1.807) is 0 Å². The van der Waals surface area contributed by atoms with Crippen molar-refractivity contribution in [3.63, 3.8) is 0 Å². The van der Waals surface area contributed by atoms with Crippen LogP contribution in [0.5, 0.6) is 0 Å². The van der Waals surface area contributed by atoms with Crippen molar-refractivity contribution in [3.8, 4) is 0 Å². The monoisotopic (exact) mass is 405 g/mol. The molecule has 1 aliphatic heterocycles. The van der Waals surface area contributed by atoms with Gasteiger partial charge in [-0.3, -0.25) is 4.79 Å². The van der Waals surface area contributed by atoms with Gasteiger partial charge in [0.05, 0.1) is 4.90 Å². The lowest BCUT2D eigenvalue weighted by atomic mass is 10.2. The Balaban J connectivity index is 1.60. The predicted octanol–water partition coefficient (Wildman–Crippen LogP) is 2.23. The molecule has 0 spiro atoms. The topological polar surface area (TPSA) is 69.7 Å². The van der Waals surface area contributed by atoms with Crippen molar-refractivity contribution >= 4 is 21.6 Å². The van der Waals surface area contributed by atoms with E-state index in [4.69, 9.17) is 0 Å². The molecule has 1 amide bonds. The van der Waals surface area contributed by atoms with Gasteiger partial charge >= 0.3 is 0 Å². The fourth-order valence-corrected chi connectivity index (χ4v) is 4.96. The molecule has 8 heteroatoms. The van der Waals surface area contributed by atoms with Crippen LogP contribution in [0.25, 0.3) is 0 Å². The average Bonchev–Trinajstić information content (AvgIpc) is 3.20. The molecular formula is C20H24FN3O3S. The summed E-state index contributed by atoms with van der Waals surface area (Å²) in [7, 11) is -1.91. The van der Waals surface area contributed by atoms with E-state index in [1.165, 1.54) is 16.4 Å². The molecule has 1 heterocycles.